The zero-order valence-corrected chi connectivity index (χ0v) is 13.8. The molecule has 0 spiro atoms. The summed E-state index contributed by atoms with van der Waals surface area (Å²) in [4.78, 5) is 0. The maximum Gasteiger partial charge on any atom is 0.216 e. The van der Waals surface area contributed by atoms with Crippen LogP contribution in [0.1, 0.15) is 5.56 Å². The van der Waals surface area contributed by atoms with Gasteiger partial charge in [-0.05, 0) is 48.6 Å². The first-order valence-electron chi connectivity index (χ1n) is 6.47. The minimum Gasteiger partial charge on any atom is -0.250 e. The Hall–Kier alpha value is -2.02. The van der Waals surface area contributed by atoms with Gasteiger partial charge in [-0.1, -0.05) is 29.3 Å². The van der Waals surface area contributed by atoms with Crippen LogP contribution in [0, 0.1) is 10.6 Å². The van der Waals surface area contributed by atoms with E-state index in [2.05, 4.69) is 15.3 Å². The van der Waals surface area contributed by atoms with Gasteiger partial charge in [-0.3, -0.25) is 0 Å². The molecule has 0 aliphatic carbocycles. The van der Waals surface area contributed by atoms with E-state index in [9.17, 15) is 4.39 Å². The molecule has 23 heavy (non-hydrogen) atoms. The highest BCUT2D eigenvalue weighted by molar-refractivity contribution is 7.71. The number of nitrogens with zero attached hydrogens (tertiary/aromatic N) is 3. The molecule has 0 unspecified atom stereocenters. The van der Waals surface area contributed by atoms with Gasteiger partial charge >= 0.3 is 0 Å². The molecular weight excluding hydrogens is 358 g/mol. The highest BCUT2D eigenvalue weighted by atomic mass is 35.5. The molecule has 3 aromatic rings. The molecule has 0 fully saturated rings. The van der Waals surface area contributed by atoms with Gasteiger partial charge in [0, 0.05) is 16.1 Å². The van der Waals surface area contributed by atoms with Crippen LogP contribution in [0.2, 0.25) is 10.0 Å². The lowest BCUT2D eigenvalue weighted by Crippen LogP contribution is -1.95. The van der Waals surface area contributed by atoms with Crippen LogP contribution >= 0.6 is 35.4 Å². The SMILES string of the molecule is Fc1ccc(-c2n[nH]c(=S)n2/N=C\c2ccc(Cl)cc2Cl)cc1. The average Bonchev–Trinajstić information content (AvgIpc) is 2.88. The molecule has 0 saturated carbocycles. The molecule has 0 aliphatic heterocycles. The Morgan fingerprint density at radius 1 is 1.17 bits per heavy atom. The quantitative estimate of drug-likeness (QED) is 0.527. The molecule has 4 nitrogen and oxygen atoms in total. The molecule has 2 aromatic carbocycles. The third-order valence-corrected chi connectivity index (χ3v) is 3.85. The molecule has 1 N–H and O–H groups in total. The first kappa shape index (κ1) is 15.9. The van der Waals surface area contributed by atoms with E-state index in [-0.39, 0.29) is 5.82 Å². The predicted octanol–water partition coefficient (Wildman–Crippen LogP) is 4.94. The summed E-state index contributed by atoms with van der Waals surface area (Å²) in [5.41, 5.74) is 1.36. The van der Waals surface area contributed by atoms with Gasteiger partial charge in [-0.25, -0.2) is 9.49 Å². The number of H-pyrrole nitrogens is 1. The topological polar surface area (TPSA) is 46.0 Å². The van der Waals surface area contributed by atoms with Gasteiger partial charge in [-0.2, -0.15) is 14.9 Å². The average molecular weight is 367 g/mol. The number of hydrogen-bond acceptors (Lipinski definition) is 3. The van der Waals surface area contributed by atoms with Crippen LogP contribution in [0.25, 0.3) is 11.4 Å². The molecule has 0 aliphatic rings. The number of benzene rings is 2. The summed E-state index contributed by atoms with van der Waals surface area (Å²) < 4.78 is 14.8. The van der Waals surface area contributed by atoms with Crippen molar-refractivity contribution in [2.45, 2.75) is 0 Å². The van der Waals surface area contributed by atoms with Crippen LogP contribution in [0.3, 0.4) is 0 Å². The third kappa shape index (κ3) is 3.50. The van der Waals surface area contributed by atoms with Crippen molar-refractivity contribution in [3.63, 3.8) is 0 Å². The summed E-state index contributed by atoms with van der Waals surface area (Å²) in [7, 11) is 0. The van der Waals surface area contributed by atoms with Crippen molar-refractivity contribution >= 4 is 41.6 Å². The van der Waals surface area contributed by atoms with E-state index in [4.69, 9.17) is 35.4 Å². The number of nitrogens with one attached hydrogen (secondary N) is 1. The molecule has 0 atom stereocenters. The number of rotatable bonds is 3. The van der Waals surface area contributed by atoms with Crippen LogP contribution in [0.15, 0.2) is 47.6 Å². The lowest BCUT2D eigenvalue weighted by Gasteiger charge is -2.02. The number of aromatic amines is 1. The van der Waals surface area contributed by atoms with Crippen LogP contribution in [-0.2, 0) is 0 Å². The molecule has 3 rings (SSSR count). The normalized spacial score (nSPS) is 11.3. The summed E-state index contributed by atoms with van der Waals surface area (Å²) in [6.07, 6.45) is 1.55. The van der Waals surface area contributed by atoms with Crippen molar-refractivity contribution in [3.05, 3.63) is 68.7 Å². The number of hydrogen-bond donors (Lipinski definition) is 1. The van der Waals surface area contributed by atoms with E-state index >= 15 is 0 Å². The van der Waals surface area contributed by atoms with E-state index < -0.39 is 0 Å². The molecule has 116 valence electrons. The van der Waals surface area contributed by atoms with Gasteiger partial charge in [0.25, 0.3) is 0 Å². The Morgan fingerprint density at radius 2 is 1.91 bits per heavy atom. The first-order valence-corrected chi connectivity index (χ1v) is 7.64. The Morgan fingerprint density at radius 3 is 2.61 bits per heavy atom. The second kappa shape index (κ2) is 6.62. The molecule has 1 heterocycles. The zero-order chi connectivity index (χ0) is 16.4. The molecular formula is C15H9Cl2FN4S. The van der Waals surface area contributed by atoms with Crippen molar-refractivity contribution in [1.29, 1.82) is 0 Å². The monoisotopic (exact) mass is 366 g/mol. The summed E-state index contributed by atoms with van der Waals surface area (Å²) in [5.74, 6) is 0.141. The third-order valence-electron chi connectivity index (χ3n) is 3.03. The van der Waals surface area contributed by atoms with Gasteiger partial charge in [0.05, 0.1) is 11.2 Å². The lowest BCUT2D eigenvalue weighted by molar-refractivity contribution is 0.628. The van der Waals surface area contributed by atoms with Crippen molar-refractivity contribution in [2.24, 2.45) is 5.10 Å². The number of aromatic nitrogens is 3. The molecule has 0 radical (unpaired) electrons. The molecule has 1 aromatic heterocycles. The minimum absolute atomic E-state index is 0.311. The Kier molecular flexibility index (Phi) is 4.56. The van der Waals surface area contributed by atoms with Gasteiger partial charge in [0.2, 0.25) is 4.77 Å². The fourth-order valence-corrected chi connectivity index (χ4v) is 2.55. The summed E-state index contributed by atoms with van der Waals surface area (Å²) in [5, 5.41) is 12.1. The van der Waals surface area contributed by atoms with Crippen LogP contribution in [0.5, 0.6) is 0 Å². The van der Waals surface area contributed by atoms with Crippen LogP contribution < -0.4 is 0 Å². The maximum atomic E-state index is 13.0. The van der Waals surface area contributed by atoms with Gasteiger partial charge in [0.15, 0.2) is 5.82 Å². The fourth-order valence-electron chi connectivity index (χ4n) is 1.91. The fraction of sp³-hybridized carbons (Fsp3) is 0. The molecule has 0 bridgehead atoms. The summed E-state index contributed by atoms with van der Waals surface area (Å²) >= 11 is 17.1. The summed E-state index contributed by atoms with van der Waals surface area (Å²) in [6, 6.07) is 11.0. The van der Waals surface area contributed by atoms with E-state index in [1.54, 1.807) is 36.5 Å². The second-order valence-electron chi connectivity index (χ2n) is 4.58. The Labute approximate surface area is 146 Å². The molecule has 0 saturated heterocycles. The van der Waals surface area contributed by atoms with Crippen molar-refractivity contribution in [1.82, 2.24) is 14.9 Å². The molecule has 8 heteroatoms. The van der Waals surface area contributed by atoms with Gasteiger partial charge in [0.1, 0.15) is 5.82 Å². The zero-order valence-electron chi connectivity index (χ0n) is 11.5. The van der Waals surface area contributed by atoms with E-state index in [1.165, 1.54) is 16.8 Å². The maximum absolute atomic E-state index is 13.0. The van der Waals surface area contributed by atoms with Gasteiger partial charge in [-0.15, -0.1) is 0 Å². The standard InChI is InChI=1S/C15H9Cl2FN4S/c16-11-4-1-10(13(17)7-11)8-19-22-14(20-21-15(22)23)9-2-5-12(18)6-3-9/h1-8H,(H,21,23)/b19-8-. The molecule has 0 amide bonds. The highest BCUT2D eigenvalue weighted by Crippen LogP contribution is 2.21. The van der Waals surface area contributed by atoms with E-state index in [0.717, 1.165) is 0 Å². The lowest BCUT2D eigenvalue weighted by atomic mass is 10.2. The highest BCUT2D eigenvalue weighted by Gasteiger charge is 2.08. The van der Waals surface area contributed by atoms with Gasteiger partial charge < -0.3 is 0 Å². The van der Waals surface area contributed by atoms with Crippen molar-refractivity contribution < 1.29 is 4.39 Å². The van der Waals surface area contributed by atoms with E-state index in [1.807, 2.05) is 0 Å². The van der Waals surface area contributed by atoms with E-state index in [0.29, 0.717) is 31.8 Å². The number of halogens is 3. The van der Waals surface area contributed by atoms with Crippen molar-refractivity contribution in [3.8, 4) is 11.4 Å². The predicted molar refractivity (Wildman–Crippen MR) is 92.3 cm³/mol. The second-order valence-corrected chi connectivity index (χ2v) is 5.81. The largest absolute Gasteiger partial charge is 0.250 e. The van der Waals surface area contributed by atoms with Crippen LogP contribution in [-0.4, -0.2) is 21.1 Å². The Bertz CT molecular complexity index is 931. The van der Waals surface area contributed by atoms with Crippen molar-refractivity contribution in [2.75, 3.05) is 0 Å². The minimum atomic E-state index is -0.328. The van der Waals surface area contributed by atoms with Crippen LogP contribution in [0.4, 0.5) is 4.39 Å². The first-order chi connectivity index (χ1) is 11.0. The Balaban J connectivity index is 2.00. The summed E-state index contributed by atoms with van der Waals surface area (Å²) in [6.45, 7) is 0. The smallest absolute Gasteiger partial charge is 0.216 e.